The molecule has 0 saturated heterocycles. The lowest BCUT2D eigenvalue weighted by Gasteiger charge is -1.92. The third-order valence-corrected chi connectivity index (χ3v) is 3.91. The Balaban J connectivity index is 2.19. The molecule has 3 aromatic rings. The summed E-state index contributed by atoms with van der Waals surface area (Å²) in [7, 11) is 0. The Hall–Kier alpha value is -1.40. The van der Waals surface area contributed by atoms with Crippen molar-refractivity contribution < 1.29 is 4.39 Å². The van der Waals surface area contributed by atoms with Gasteiger partial charge in [-0.1, -0.05) is 0 Å². The van der Waals surface area contributed by atoms with E-state index in [1.807, 2.05) is 12.1 Å². The summed E-state index contributed by atoms with van der Waals surface area (Å²) >= 11 is 4.58. The number of imidazole rings is 1. The molecule has 3 rings (SSSR count). The van der Waals surface area contributed by atoms with E-state index in [1.54, 1.807) is 6.07 Å². The number of halogens is 2. The molecule has 0 radical (unpaired) electrons. The molecule has 3 nitrogen and oxygen atoms in total. The average Bonchev–Trinajstić information content (AvgIpc) is 2.85. The highest BCUT2D eigenvalue weighted by Crippen LogP contribution is 2.30. The molecule has 0 unspecified atom stereocenters. The second-order valence-electron chi connectivity index (χ2n) is 3.57. The van der Waals surface area contributed by atoms with Crippen molar-refractivity contribution in [3.8, 4) is 10.7 Å². The number of hydrogen-bond donors (Lipinski definition) is 2. The van der Waals surface area contributed by atoms with E-state index < -0.39 is 0 Å². The van der Waals surface area contributed by atoms with E-state index in [1.165, 1.54) is 17.4 Å². The van der Waals surface area contributed by atoms with Gasteiger partial charge in [-0.15, -0.1) is 11.3 Å². The van der Waals surface area contributed by atoms with Gasteiger partial charge in [-0.2, -0.15) is 0 Å². The molecular formula is C11H7BrFN3S. The van der Waals surface area contributed by atoms with Crippen LogP contribution in [0.5, 0.6) is 0 Å². The van der Waals surface area contributed by atoms with Crippen molar-refractivity contribution in [3.63, 3.8) is 0 Å². The zero-order valence-corrected chi connectivity index (χ0v) is 10.9. The van der Waals surface area contributed by atoms with Gasteiger partial charge in [0.05, 0.1) is 25.4 Å². The number of hydrogen-bond acceptors (Lipinski definition) is 3. The topological polar surface area (TPSA) is 54.7 Å². The molecule has 17 heavy (non-hydrogen) atoms. The Bertz CT molecular complexity index is 665. The van der Waals surface area contributed by atoms with E-state index in [0.29, 0.717) is 15.8 Å². The predicted molar refractivity (Wildman–Crippen MR) is 71.5 cm³/mol. The molecular weight excluding hydrogens is 305 g/mol. The number of rotatable bonds is 1. The first-order valence-corrected chi connectivity index (χ1v) is 6.45. The number of aromatic nitrogens is 2. The maximum Gasteiger partial charge on any atom is 0.148 e. The summed E-state index contributed by atoms with van der Waals surface area (Å²) in [5, 5.41) is 0.729. The zero-order valence-electron chi connectivity index (χ0n) is 8.50. The average molecular weight is 312 g/mol. The third-order valence-electron chi connectivity index (χ3n) is 2.38. The van der Waals surface area contributed by atoms with E-state index in [0.717, 1.165) is 15.4 Å². The molecule has 0 saturated carbocycles. The summed E-state index contributed by atoms with van der Waals surface area (Å²) in [5.74, 6) is 0.401. The second-order valence-corrected chi connectivity index (χ2v) is 5.54. The summed E-state index contributed by atoms with van der Waals surface area (Å²) < 4.78 is 13.8. The van der Waals surface area contributed by atoms with Crippen LogP contribution < -0.4 is 5.73 Å². The number of nitrogen functional groups attached to an aromatic ring is 1. The Morgan fingerprint density at radius 1 is 1.35 bits per heavy atom. The van der Waals surface area contributed by atoms with Gasteiger partial charge in [-0.25, -0.2) is 9.37 Å². The summed E-state index contributed by atoms with van der Waals surface area (Å²) in [4.78, 5) is 8.42. The lowest BCUT2D eigenvalue weighted by Crippen LogP contribution is -1.77. The fourth-order valence-corrected chi connectivity index (χ4v) is 2.65. The quantitative estimate of drug-likeness (QED) is 0.718. The van der Waals surface area contributed by atoms with Crippen molar-refractivity contribution in [2.45, 2.75) is 0 Å². The van der Waals surface area contributed by atoms with Crippen LogP contribution in [0.25, 0.3) is 21.7 Å². The molecule has 0 aliphatic rings. The lowest BCUT2D eigenvalue weighted by molar-refractivity contribution is 0.623. The van der Waals surface area contributed by atoms with Gasteiger partial charge < -0.3 is 10.7 Å². The number of nitrogens with one attached hydrogen (secondary N) is 1. The maximum absolute atomic E-state index is 13.4. The lowest BCUT2D eigenvalue weighted by atomic mass is 10.3. The van der Waals surface area contributed by atoms with Crippen molar-refractivity contribution in [2.75, 3.05) is 5.73 Å². The van der Waals surface area contributed by atoms with Crippen LogP contribution in [0.1, 0.15) is 0 Å². The minimum atomic E-state index is -0.307. The number of aromatic amines is 1. The maximum atomic E-state index is 13.4. The number of nitrogens with two attached hydrogens (primary N) is 1. The van der Waals surface area contributed by atoms with Gasteiger partial charge in [0.2, 0.25) is 0 Å². The molecule has 1 aromatic carbocycles. The van der Waals surface area contributed by atoms with Crippen molar-refractivity contribution >= 4 is 43.3 Å². The number of nitrogens with zero attached hydrogens (tertiary/aromatic N) is 1. The van der Waals surface area contributed by atoms with Crippen LogP contribution in [0, 0.1) is 5.82 Å². The van der Waals surface area contributed by atoms with E-state index >= 15 is 0 Å². The first-order valence-electron chi connectivity index (χ1n) is 4.84. The van der Waals surface area contributed by atoms with Crippen molar-refractivity contribution in [1.29, 1.82) is 0 Å². The van der Waals surface area contributed by atoms with Crippen LogP contribution >= 0.6 is 27.3 Å². The van der Waals surface area contributed by atoms with Crippen molar-refractivity contribution in [2.24, 2.45) is 0 Å². The molecule has 0 atom stereocenters. The molecule has 0 bridgehead atoms. The Labute approximate surface area is 109 Å². The molecule has 0 spiro atoms. The van der Waals surface area contributed by atoms with Crippen LogP contribution in [-0.4, -0.2) is 9.97 Å². The minimum Gasteiger partial charge on any atom is -0.391 e. The number of thiophene rings is 1. The minimum absolute atomic E-state index is 0.307. The van der Waals surface area contributed by atoms with Crippen LogP contribution in [0.3, 0.4) is 0 Å². The standard InChI is InChI=1S/C11H7BrFN3S/c12-5-3-7-8(4-6(5)13)16-11(15-7)9-1-2-10(14)17-9/h1-4H,14H2,(H,15,16). The van der Waals surface area contributed by atoms with Crippen LogP contribution in [0.15, 0.2) is 28.7 Å². The second kappa shape index (κ2) is 3.82. The molecule has 0 amide bonds. The highest BCUT2D eigenvalue weighted by Gasteiger charge is 2.09. The van der Waals surface area contributed by atoms with Gasteiger partial charge in [-0.3, -0.25) is 0 Å². The largest absolute Gasteiger partial charge is 0.391 e. The van der Waals surface area contributed by atoms with Crippen LogP contribution in [-0.2, 0) is 0 Å². The number of fused-ring (bicyclic) bond motifs is 1. The van der Waals surface area contributed by atoms with E-state index in [-0.39, 0.29) is 5.82 Å². The van der Waals surface area contributed by atoms with Gasteiger partial charge in [0.15, 0.2) is 0 Å². The fraction of sp³-hybridized carbons (Fsp3) is 0. The van der Waals surface area contributed by atoms with Gasteiger partial charge in [0.25, 0.3) is 0 Å². The van der Waals surface area contributed by atoms with E-state index in [4.69, 9.17) is 5.73 Å². The monoisotopic (exact) mass is 311 g/mol. The number of H-pyrrole nitrogens is 1. The first-order chi connectivity index (χ1) is 8.13. The Morgan fingerprint density at radius 3 is 2.88 bits per heavy atom. The van der Waals surface area contributed by atoms with E-state index in [2.05, 4.69) is 25.9 Å². The molecule has 0 aliphatic heterocycles. The smallest absolute Gasteiger partial charge is 0.148 e. The molecule has 2 heterocycles. The zero-order chi connectivity index (χ0) is 12.0. The Kier molecular flexibility index (Phi) is 2.41. The molecule has 86 valence electrons. The summed E-state index contributed by atoms with van der Waals surface area (Å²) in [5.41, 5.74) is 7.06. The molecule has 0 fully saturated rings. The summed E-state index contributed by atoms with van der Waals surface area (Å²) in [6.07, 6.45) is 0. The van der Waals surface area contributed by atoms with Crippen LogP contribution in [0.4, 0.5) is 9.39 Å². The highest BCUT2D eigenvalue weighted by atomic mass is 79.9. The van der Waals surface area contributed by atoms with Gasteiger partial charge >= 0.3 is 0 Å². The Morgan fingerprint density at radius 2 is 2.18 bits per heavy atom. The van der Waals surface area contributed by atoms with Gasteiger partial charge in [0, 0.05) is 6.07 Å². The van der Waals surface area contributed by atoms with Gasteiger partial charge in [-0.05, 0) is 34.1 Å². The van der Waals surface area contributed by atoms with Gasteiger partial charge in [0.1, 0.15) is 11.6 Å². The first kappa shape index (κ1) is 10.7. The molecule has 0 aliphatic carbocycles. The number of anilines is 1. The molecule has 2 aromatic heterocycles. The van der Waals surface area contributed by atoms with Crippen molar-refractivity contribution in [3.05, 3.63) is 34.6 Å². The third kappa shape index (κ3) is 1.83. The van der Waals surface area contributed by atoms with Crippen molar-refractivity contribution in [1.82, 2.24) is 9.97 Å². The highest BCUT2D eigenvalue weighted by molar-refractivity contribution is 9.10. The molecule has 3 N–H and O–H groups in total. The molecule has 6 heteroatoms. The predicted octanol–water partition coefficient (Wildman–Crippen LogP) is 3.78. The SMILES string of the molecule is Nc1ccc(-c2nc3cc(Br)c(F)cc3[nH]2)s1. The normalized spacial score (nSPS) is 11.2. The summed E-state index contributed by atoms with van der Waals surface area (Å²) in [6, 6.07) is 6.79. The van der Waals surface area contributed by atoms with E-state index in [9.17, 15) is 4.39 Å². The summed E-state index contributed by atoms with van der Waals surface area (Å²) in [6.45, 7) is 0. The number of benzene rings is 1. The fourth-order valence-electron chi connectivity index (χ4n) is 1.60. The van der Waals surface area contributed by atoms with Crippen LogP contribution in [0.2, 0.25) is 0 Å².